The lowest BCUT2D eigenvalue weighted by atomic mass is 10.2. The third-order valence-corrected chi connectivity index (χ3v) is 3.81. The van der Waals surface area contributed by atoms with Crippen molar-refractivity contribution in [2.24, 2.45) is 0 Å². The van der Waals surface area contributed by atoms with Crippen LogP contribution in [0.4, 0.5) is 20.6 Å². The first-order chi connectivity index (χ1) is 11.0. The number of carbonyl (C=O) groups is 2. The Morgan fingerprint density at radius 1 is 1.48 bits per heavy atom. The van der Waals surface area contributed by atoms with E-state index in [1.807, 2.05) is 0 Å². The Hall–Kier alpha value is -2.35. The Labute approximate surface area is 132 Å². The highest BCUT2D eigenvalue weighted by molar-refractivity contribution is 5.89. The molecule has 0 radical (unpaired) electrons. The largest absolute Gasteiger partial charge is 0.447 e. The molecule has 2 fully saturated rings. The summed E-state index contributed by atoms with van der Waals surface area (Å²) in [5, 5.41) is 2.68. The molecule has 0 aliphatic carbocycles. The standard InChI is InChI=1S/C15H18FN3O4/c1-10(20)17-7-12-8-18(9-23-12)14-3-2-11(6-13(14)16)19-4-5-22-15(19)21/h2-3,6,12H,4-5,7-9H2,1H3,(H,17,20)/t12-/m0/s1. The summed E-state index contributed by atoms with van der Waals surface area (Å²) in [7, 11) is 0. The van der Waals surface area contributed by atoms with Gasteiger partial charge in [-0.3, -0.25) is 9.69 Å². The molecule has 1 atom stereocenters. The molecule has 0 spiro atoms. The molecule has 23 heavy (non-hydrogen) atoms. The minimum Gasteiger partial charge on any atom is -0.447 e. The molecular weight excluding hydrogens is 305 g/mol. The van der Waals surface area contributed by atoms with Gasteiger partial charge >= 0.3 is 6.09 Å². The van der Waals surface area contributed by atoms with E-state index < -0.39 is 11.9 Å². The number of halogens is 1. The van der Waals surface area contributed by atoms with Crippen LogP contribution in [0.3, 0.4) is 0 Å². The lowest BCUT2D eigenvalue weighted by molar-refractivity contribution is -0.119. The monoisotopic (exact) mass is 323 g/mol. The highest BCUT2D eigenvalue weighted by Crippen LogP contribution is 2.28. The zero-order valence-corrected chi connectivity index (χ0v) is 12.8. The maximum atomic E-state index is 14.4. The van der Waals surface area contributed by atoms with E-state index in [9.17, 15) is 14.0 Å². The van der Waals surface area contributed by atoms with Gasteiger partial charge in [-0.15, -0.1) is 0 Å². The van der Waals surface area contributed by atoms with E-state index in [-0.39, 0.29) is 18.7 Å². The number of hydrogen-bond acceptors (Lipinski definition) is 5. The van der Waals surface area contributed by atoms with Crippen molar-refractivity contribution in [3.8, 4) is 0 Å². The van der Waals surface area contributed by atoms with Gasteiger partial charge in [0.2, 0.25) is 5.91 Å². The van der Waals surface area contributed by atoms with Gasteiger partial charge in [0.05, 0.1) is 24.0 Å². The summed E-state index contributed by atoms with van der Waals surface area (Å²) in [6.45, 7) is 3.31. The highest BCUT2D eigenvalue weighted by atomic mass is 19.1. The zero-order chi connectivity index (χ0) is 16.4. The number of nitrogens with zero attached hydrogens (tertiary/aromatic N) is 2. The van der Waals surface area contributed by atoms with Crippen molar-refractivity contribution in [1.82, 2.24) is 5.32 Å². The second kappa shape index (κ2) is 6.41. The molecule has 1 N–H and O–H groups in total. The number of carbonyl (C=O) groups excluding carboxylic acids is 2. The summed E-state index contributed by atoms with van der Waals surface area (Å²) < 4.78 is 24.8. The number of hydrogen-bond donors (Lipinski definition) is 1. The van der Waals surface area contributed by atoms with Gasteiger partial charge in [0.25, 0.3) is 0 Å². The van der Waals surface area contributed by atoms with Crippen molar-refractivity contribution in [3.63, 3.8) is 0 Å². The molecule has 2 saturated heterocycles. The maximum absolute atomic E-state index is 14.4. The molecule has 0 bridgehead atoms. The number of nitrogens with one attached hydrogen (secondary N) is 1. The van der Waals surface area contributed by atoms with Crippen LogP contribution in [-0.4, -0.2) is 51.1 Å². The number of anilines is 2. The number of ether oxygens (including phenoxy) is 2. The van der Waals surface area contributed by atoms with E-state index >= 15 is 0 Å². The number of rotatable bonds is 4. The van der Waals surface area contributed by atoms with Gasteiger partial charge < -0.3 is 19.7 Å². The molecular formula is C15H18FN3O4. The zero-order valence-electron chi connectivity index (χ0n) is 12.8. The minimum absolute atomic E-state index is 0.125. The molecule has 0 unspecified atom stereocenters. The van der Waals surface area contributed by atoms with Crippen LogP contribution < -0.4 is 15.1 Å². The highest BCUT2D eigenvalue weighted by Gasteiger charge is 2.27. The van der Waals surface area contributed by atoms with Crippen LogP contribution in [0.25, 0.3) is 0 Å². The molecule has 8 heteroatoms. The first-order valence-electron chi connectivity index (χ1n) is 7.39. The molecule has 2 aliphatic heterocycles. The maximum Gasteiger partial charge on any atom is 0.414 e. The molecule has 1 aromatic carbocycles. The van der Waals surface area contributed by atoms with Crippen molar-refractivity contribution in [2.45, 2.75) is 13.0 Å². The van der Waals surface area contributed by atoms with E-state index in [4.69, 9.17) is 9.47 Å². The minimum atomic E-state index is -0.461. The van der Waals surface area contributed by atoms with Crippen molar-refractivity contribution in [3.05, 3.63) is 24.0 Å². The van der Waals surface area contributed by atoms with Gasteiger partial charge in [-0.1, -0.05) is 0 Å². The van der Waals surface area contributed by atoms with Crippen LogP contribution in [-0.2, 0) is 14.3 Å². The van der Waals surface area contributed by atoms with Gasteiger partial charge in [0.1, 0.15) is 19.2 Å². The summed E-state index contributed by atoms with van der Waals surface area (Å²) in [5.74, 6) is -0.550. The normalized spacial score (nSPS) is 20.8. The Morgan fingerprint density at radius 3 is 2.96 bits per heavy atom. The van der Waals surface area contributed by atoms with Gasteiger partial charge in [0.15, 0.2) is 0 Å². The predicted octanol–water partition coefficient (Wildman–Crippen LogP) is 1.08. The van der Waals surface area contributed by atoms with Crippen LogP contribution in [0.2, 0.25) is 0 Å². The van der Waals surface area contributed by atoms with Crippen molar-refractivity contribution < 1.29 is 23.5 Å². The molecule has 2 heterocycles. The van der Waals surface area contributed by atoms with Gasteiger partial charge in [-0.05, 0) is 18.2 Å². The van der Waals surface area contributed by atoms with E-state index in [1.165, 1.54) is 17.9 Å². The molecule has 7 nitrogen and oxygen atoms in total. The first kappa shape index (κ1) is 15.5. The average molecular weight is 323 g/mol. The topological polar surface area (TPSA) is 71.1 Å². The fraction of sp³-hybridized carbons (Fsp3) is 0.467. The molecule has 2 aliphatic rings. The molecule has 124 valence electrons. The van der Waals surface area contributed by atoms with Crippen LogP contribution in [0.1, 0.15) is 6.92 Å². The van der Waals surface area contributed by atoms with Crippen LogP contribution in [0.15, 0.2) is 18.2 Å². The summed E-state index contributed by atoms with van der Waals surface area (Å²) >= 11 is 0. The van der Waals surface area contributed by atoms with Crippen LogP contribution in [0.5, 0.6) is 0 Å². The Kier molecular flexibility index (Phi) is 4.33. The SMILES string of the molecule is CC(=O)NC[C@H]1CN(c2ccc(N3CCOC3=O)cc2F)CO1. The van der Waals surface area contributed by atoms with E-state index in [0.29, 0.717) is 37.6 Å². The van der Waals surface area contributed by atoms with Gasteiger partial charge in [-0.2, -0.15) is 0 Å². The lowest BCUT2D eigenvalue weighted by Gasteiger charge is -2.19. The number of cyclic esters (lactones) is 1. The molecule has 0 saturated carbocycles. The fourth-order valence-electron chi connectivity index (χ4n) is 2.64. The van der Waals surface area contributed by atoms with Crippen LogP contribution >= 0.6 is 0 Å². The van der Waals surface area contributed by atoms with E-state index in [2.05, 4.69) is 5.32 Å². The molecule has 2 amide bonds. The van der Waals surface area contributed by atoms with E-state index in [0.717, 1.165) is 0 Å². The van der Waals surface area contributed by atoms with Crippen molar-refractivity contribution in [2.75, 3.05) is 42.8 Å². The van der Waals surface area contributed by atoms with Crippen molar-refractivity contribution >= 4 is 23.4 Å². The van der Waals surface area contributed by atoms with Gasteiger partial charge in [-0.25, -0.2) is 9.18 Å². The average Bonchev–Trinajstić information content (AvgIpc) is 3.14. The third-order valence-electron chi connectivity index (χ3n) is 3.81. The van der Waals surface area contributed by atoms with Crippen molar-refractivity contribution in [1.29, 1.82) is 0 Å². The smallest absolute Gasteiger partial charge is 0.414 e. The summed E-state index contributed by atoms with van der Waals surface area (Å²) in [6, 6.07) is 4.63. The van der Waals surface area contributed by atoms with Crippen LogP contribution in [0, 0.1) is 5.82 Å². The number of amides is 2. The second-order valence-electron chi connectivity index (χ2n) is 5.48. The summed E-state index contributed by atoms with van der Waals surface area (Å²) in [6.07, 6.45) is -0.636. The Balaban J connectivity index is 1.67. The molecule has 1 aromatic rings. The fourth-order valence-corrected chi connectivity index (χ4v) is 2.64. The third kappa shape index (κ3) is 3.37. The Morgan fingerprint density at radius 2 is 2.30 bits per heavy atom. The second-order valence-corrected chi connectivity index (χ2v) is 5.48. The van der Waals surface area contributed by atoms with E-state index in [1.54, 1.807) is 17.0 Å². The quantitative estimate of drug-likeness (QED) is 0.898. The molecule has 0 aromatic heterocycles. The lowest BCUT2D eigenvalue weighted by Crippen LogP contribution is -2.33. The van der Waals surface area contributed by atoms with Gasteiger partial charge in [0, 0.05) is 20.0 Å². The number of benzene rings is 1. The summed E-state index contributed by atoms with van der Waals surface area (Å²) in [4.78, 5) is 25.6. The predicted molar refractivity (Wildman–Crippen MR) is 80.9 cm³/mol. The Bertz CT molecular complexity index is 625. The molecule has 3 rings (SSSR count). The first-order valence-corrected chi connectivity index (χ1v) is 7.39. The summed E-state index contributed by atoms with van der Waals surface area (Å²) in [5.41, 5.74) is 0.885.